The molecule has 0 spiro atoms. The third kappa shape index (κ3) is 3.29. The molecule has 30 heavy (non-hydrogen) atoms. The molecular weight excluding hydrogens is 376 g/mol. The molecule has 1 saturated heterocycles. The summed E-state index contributed by atoms with van der Waals surface area (Å²) in [5, 5.41) is 0. The van der Waals surface area contributed by atoms with Gasteiger partial charge in [0.15, 0.2) is 5.78 Å². The number of Topliss-reactive ketones (excluding diaryl/α,β-unsaturated/α-hetero) is 1. The average Bonchev–Trinajstić information content (AvgIpc) is 3.10. The SMILES string of the molecule is C[C@@H]1CN(c2ccc3c(n2)CCC(=O)C(c2cn4cccnc4n2)=C3)C[C@H](C)N1C. The fourth-order valence-electron chi connectivity index (χ4n) is 4.38. The minimum Gasteiger partial charge on any atom is -0.353 e. The lowest BCUT2D eigenvalue weighted by molar-refractivity contribution is -0.113. The molecule has 2 atom stereocenters. The van der Waals surface area contributed by atoms with Crippen molar-refractivity contribution >= 4 is 29.0 Å². The van der Waals surface area contributed by atoms with Gasteiger partial charge in [-0.3, -0.25) is 14.1 Å². The van der Waals surface area contributed by atoms with E-state index in [0.717, 1.165) is 30.2 Å². The minimum atomic E-state index is 0.0970. The maximum Gasteiger partial charge on any atom is 0.234 e. The van der Waals surface area contributed by atoms with Gasteiger partial charge in [0, 0.05) is 55.8 Å². The second kappa shape index (κ2) is 7.32. The molecule has 154 valence electrons. The summed E-state index contributed by atoms with van der Waals surface area (Å²) in [6.45, 7) is 6.43. The molecular formula is C23H26N6O. The number of hydrogen-bond donors (Lipinski definition) is 0. The Morgan fingerprint density at radius 3 is 2.63 bits per heavy atom. The van der Waals surface area contributed by atoms with Gasteiger partial charge in [0.25, 0.3) is 0 Å². The van der Waals surface area contributed by atoms with Gasteiger partial charge in [0.1, 0.15) is 5.82 Å². The number of allylic oxidation sites excluding steroid dienone is 1. The first-order valence-corrected chi connectivity index (χ1v) is 10.5. The number of carbonyl (C=O) groups is 1. The Labute approximate surface area is 176 Å². The Morgan fingerprint density at radius 1 is 1.07 bits per heavy atom. The molecule has 0 radical (unpaired) electrons. The Hall–Kier alpha value is -3.06. The first kappa shape index (κ1) is 18.9. The molecule has 1 aliphatic carbocycles. The van der Waals surface area contributed by atoms with Gasteiger partial charge in [-0.05, 0) is 57.2 Å². The number of aromatic nitrogens is 4. The summed E-state index contributed by atoms with van der Waals surface area (Å²) in [5.41, 5.74) is 3.28. The van der Waals surface area contributed by atoms with E-state index in [1.54, 1.807) is 6.20 Å². The van der Waals surface area contributed by atoms with Crippen LogP contribution in [0.5, 0.6) is 0 Å². The van der Waals surface area contributed by atoms with Crippen LogP contribution in [-0.4, -0.2) is 62.3 Å². The van der Waals surface area contributed by atoms with Crippen LogP contribution in [0.4, 0.5) is 5.82 Å². The molecule has 0 saturated carbocycles. The van der Waals surface area contributed by atoms with Crippen molar-refractivity contribution in [2.75, 3.05) is 25.0 Å². The second-order valence-corrected chi connectivity index (χ2v) is 8.41. The van der Waals surface area contributed by atoms with Crippen LogP contribution in [0, 0.1) is 0 Å². The van der Waals surface area contributed by atoms with Crippen molar-refractivity contribution < 1.29 is 4.79 Å². The summed E-state index contributed by atoms with van der Waals surface area (Å²) in [4.78, 5) is 31.4. The van der Waals surface area contributed by atoms with Crippen molar-refractivity contribution in [2.45, 2.75) is 38.8 Å². The largest absolute Gasteiger partial charge is 0.353 e. The van der Waals surface area contributed by atoms with E-state index in [2.05, 4.69) is 52.8 Å². The smallest absolute Gasteiger partial charge is 0.234 e. The number of pyridine rings is 1. The summed E-state index contributed by atoms with van der Waals surface area (Å²) >= 11 is 0. The van der Waals surface area contributed by atoms with E-state index in [1.807, 2.05) is 28.9 Å². The van der Waals surface area contributed by atoms with Crippen LogP contribution in [0.1, 0.15) is 37.2 Å². The van der Waals surface area contributed by atoms with Gasteiger partial charge >= 0.3 is 0 Å². The second-order valence-electron chi connectivity index (χ2n) is 8.41. The molecule has 3 aromatic heterocycles. The molecule has 0 N–H and O–H groups in total. The van der Waals surface area contributed by atoms with Crippen LogP contribution < -0.4 is 4.90 Å². The lowest BCUT2D eigenvalue weighted by atomic mass is 10.1. The van der Waals surface area contributed by atoms with Gasteiger partial charge in [-0.25, -0.2) is 15.0 Å². The van der Waals surface area contributed by atoms with Gasteiger partial charge in [-0.2, -0.15) is 0 Å². The summed E-state index contributed by atoms with van der Waals surface area (Å²) in [6.07, 6.45) is 8.49. The summed E-state index contributed by atoms with van der Waals surface area (Å²) in [7, 11) is 2.18. The maximum atomic E-state index is 12.9. The quantitative estimate of drug-likeness (QED) is 0.657. The number of ketones is 1. The first-order chi connectivity index (χ1) is 14.5. The number of rotatable bonds is 2. The van der Waals surface area contributed by atoms with Crippen molar-refractivity contribution in [3.8, 4) is 0 Å². The highest BCUT2D eigenvalue weighted by Crippen LogP contribution is 2.28. The molecule has 5 rings (SSSR count). The predicted molar refractivity (Wildman–Crippen MR) is 117 cm³/mol. The maximum absolute atomic E-state index is 12.9. The number of piperazine rings is 1. The van der Waals surface area contributed by atoms with Crippen LogP contribution in [0.2, 0.25) is 0 Å². The van der Waals surface area contributed by atoms with Crippen molar-refractivity contribution in [1.82, 2.24) is 24.3 Å². The van der Waals surface area contributed by atoms with Crippen LogP contribution in [0.15, 0.2) is 36.8 Å². The number of hydrogen-bond acceptors (Lipinski definition) is 6. The molecule has 0 amide bonds. The Kier molecular flexibility index (Phi) is 4.62. The Morgan fingerprint density at radius 2 is 1.87 bits per heavy atom. The van der Waals surface area contributed by atoms with Gasteiger partial charge in [0.2, 0.25) is 5.78 Å². The first-order valence-electron chi connectivity index (χ1n) is 10.5. The van der Waals surface area contributed by atoms with Crippen molar-refractivity contribution in [1.29, 1.82) is 0 Å². The lowest BCUT2D eigenvalue weighted by Gasteiger charge is -2.43. The fourth-order valence-corrected chi connectivity index (χ4v) is 4.38. The topological polar surface area (TPSA) is 66.6 Å². The van der Waals surface area contributed by atoms with Crippen molar-refractivity contribution in [3.63, 3.8) is 0 Å². The monoisotopic (exact) mass is 402 g/mol. The van der Waals surface area contributed by atoms with Gasteiger partial charge in [0.05, 0.1) is 11.4 Å². The van der Waals surface area contributed by atoms with E-state index in [9.17, 15) is 4.79 Å². The molecule has 4 heterocycles. The number of aryl methyl sites for hydroxylation is 1. The van der Waals surface area contributed by atoms with E-state index in [-0.39, 0.29) is 5.78 Å². The third-order valence-corrected chi connectivity index (χ3v) is 6.38. The molecule has 0 aromatic carbocycles. The highest BCUT2D eigenvalue weighted by molar-refractivity contribution is 6.25. The molecule has 0 bridgehead atoms. The fraction of sp³-hybridized carbons (Fsp3) is 0.391. The van der Waals surface area contributed by atoms with E-state index < -0.39 is 0 Å². The number of carbonyl (C=O) groups excluding carboxylic acids is 1. The van der Waals surface area contributed by atoms with Crippen LogP contribution in [-0.2, 0) is 11.2 Å². The van der Waals surface area contributed by atoms with E-state index in [4.69, 9.17) is 4.98 Å². The number of likely N-dealkylation sites (N-methyl/N-ethyl adjacent to an activating group) is 1. The zero-order valence-corrected chi connectivity index (χ0v) is 17.6. The number of nitrogens with zero attached hydrogens (tertiary/aromatic N) is 6. The van der Waals surface area contributed by atoms with Crippen molar-refractivity contribution in [2.24, 2.45) is 0 Å². The zero-order chi connectivity index (χ0) is 20.8. The van der Waals surface area contributed by atoms with Crippen LogP contribution in [0.3, 0.4) is 0 Å². The predicted octanol–water partition coefficient (Wildman–Crippen LogP) is 2.71. The number of imidazole rings is 1. The molecule has 7 heteroatoms. The summed E-state index contributed by atoms with van der Waals surface area (Å²) < 4.78 is 1.84. The van der Waals surface area contributed by atoms with Gasteiger partial charge in [-0.15, -0.1) is 0 Å². The van der Waals surface area contributed by atoms with E-state index in [1.165, 1.54) is 0 Å². The standard InChI is InChI=1S/C23H26N6O/c1-15-12-29(13-16(2)27(15)3)22-8-5-17-11-18(21(30)7-6-19(17)25-22)20-14-28-10-4-9-24-23(28)26-20/h4-5,8-11,14-16H,6-7,12-13H2,1-3H3/t15-,16+. The molecule has 1 aliphatic heterocycles. The normalized spacial score (nSPS) is 22.7. The molecule has 7 nitrogen and oxygen atoms in total. The average molecular weight is 403 g/mol. The lowest BCUT2D eigenvalue weighted by Crippen LogP contribution is -2.55. The van der Waals surface area contributed by atoms with Gasteiger partial charge in [-0.1, -0.05) is 0 Å². The molecule has 1 fully saturated rings. The Bertz CT molecular complexity index is 1100. The van der Waals surface area contributed by atoms with Gasteiger partial charge < -0.3 is 4.90 Å². The van der Waals surface area contributed by atoms with E-state index in [0.29, 0.717) is 42.0 Å². The molecule has 3 aromatic rings. The molecule has 2 aliphatic rings. The molecule has 0 unspecified atom stereocenters. The van der Waals surface area contributed by atoms with E-state index >= 15 is 0 Å². The van der Waals surface area contributed by atoms with Crippen LogP contribution >= 0.6 is 0 Å². The van der Waals surface area contributed by atoms with Crippen molar-refractivity contribution in [3.05, 3.63) is 53.7 Å². The minimum absolute atomic E-state index is 0.0970. The highest BCUT2D eigenvalue weighted by atomic mass is 16.1. The Balaban J connectivity index is 1.49. The third-order valence-electron chi connectivity index (χ3n) is 6.38. The summed E-state index contributed by atoms with van der Waals surface area (Å²) in [6, 6.07) is 6.98. The zero-order valence-electron chi connectivity index (χ0n) is 17.6. The number of fused-ring (bicyclic) bond motifs is 2. The number of anilines is 1. The highest BCUT2D eigenvalue weighted by Gasteiger charge is 2.28. The summed E-state index contributed by atoms with van der Waals surface area (Å²) in [5.74, 6) is 1.69. The van der Waals surface area contributed by atoms with Crippen LogP contribution in [0.25, 0.3) is 17.4 Å².